The average molecular weight is 648 g/mol. The summed E-state index contributed by atoms with van der Waals surface area (Å²) in [5.41, 5.74) is 1.15. The van der Waals surface area contributed by atoms with E-state index in [1.165, 1.54) is 12.4 Å². The molecule has 244 valence electrons. The highest BCUT2D eigenvalue weighted by Crippen LogP contribution is 2.41. The Labute approximate surface area is 263 Å². The molecule has 14 heteroatoms. The van der Waals surface area contributed by atoms with E-state index < -0.39 is 23.6 Å². The van der Waals surface area contributed by atoms with E-state index in [2.05, 4.69) is 44.5 Å². The van der Waals surface area contributed by atoms with E-state index in [1.54, 1.807) is 25.2 Å². The van der Waals surface area contributed by atoms with Crippen LogP contribution in [0.15, 0.2) is 17.2 Å². The predicted octanol–water partition coefficient (Wildman–Crippen LogP) is 4.80. The molecule has 1 saturated heterocycles. The third-order valence-corrected chi connectivity index (χ3v) is 10.2. The number of pyridine rings is 1. The second kappa shape index (κ2) is 13.5. The molecule has 3 N–H and O–H groups in total. The van der Waals surface area contributed by atoms with Gasteiger partial charge in [0.15, 0.2) is 0 Å². The summed E-state index contributed by atoms with van der Waals surface area (Å²) < 4.78 is 39.6. The number of likely N-dealkylation sites (N-methyl/N-ethyl adjacent to an activating group) is 1. The van der Waals surface area contributed by atoms with Crippen LogP contribution in [0.3, 0.4) is 0 Å². The molecule has 0 radical (unpaired) electrons. The lowest BCUT2D eigenvalue weighted by Crippen LogP contribution is -2.53. The summed E-state index contributed by atoms with van der Waals surface area (Å²) in [7, 11) is 2.08. The number of hydrogen-bond donors (Lipinski definition) is 3. The van der Waals surface area contributed by atoms with Crippen LogP contribution in [0.4, 0.5) is 24.7 Å². The maximum absolute atomic E-state index is 13.4. The Kier molecular flexibility index (Phi) is 9.83. The van der Waals surface area contributed by atoms with Crippen molar-refractivity contribution in [3.05, 3.63) is 44.4 Å². The van der Waals surface area contributed by atoms with E-state index in [0.717, 1.165) is 46.7 Å². The first kappa shape index (κ1) is 32.9. The molecule has 5 rings (SSSR count). The van der Waals surface area contributed by atoms with Gasteiger partial charge in [-0.25, -0.2) is 9.97 Å². The second-order valence-corrected chi connectivity index (χ2v) is 13.3. The van der Waals surface area contributed by atoms with Gasteiger partial charge in [0.05, 0.1) is 11.3 Å². The number of halogens is 3. The van der Waals surface area contributed by atoms with Gasteiger partial charge >= 0.3 is 6.18 Å². The van der Waals surface area contributed by atoms with Crippen molar-refractivity contribution in [1.82, 2.24) is 30.1 Å². The second-order valence-electron chi connectivity index (χ2n) is 12.2. The first-order valence-electron chi connectivity index (χ1n) is 15.5. The van der Waals surface area contributed by atoms with E-state index in [1.807, 2.05) is 4.90 Å². The van der Waals surface area contributed by atoms with Gasteiger partial charge in [-0.3, -0.25) is 14.4 Å². The van der Waals surface area contributed by atoms with Crippen LogP contribution in [0.25, 0.3) is 10.2 Å². The van der Waals surface area contributed by atoms with Crippen molar-refractivity contribution in [1.29, 1.82) is 0 Å². The Hall–Kier alpha value is -3.52. The summed E-state index contributed by atoms with van der Waals surface area (Å²) in [6, 6.07) is 1.86. The minimum absolute atomic E-state index is 0.00389. The van der Waals surface area contributed by atoms with Gasteiger partial charge < -0.3 is 25.4 Å². The van der Waals surface area contributed by atoms with Crippen LogP contribution in [-0.4, -0.2) is 82.0 Å². The molecule has 0 bridgehead atoms. The number of thiophene rings is 1. The molecule has 1 fully saturated rings. The zero-order valence-electron chi connectivity index (χ0n) is 26.0. The molecule has 0 saturated carbocycles. The first-order valence-corrected chi connectivity index (χ1v) is 16.3. The Balaban J connectivity index is 1.29. The Morgan fingerprint density at radius 3 is 2.71 bits per heavy atom. The summed E-state index contributed by atoms with van der Waals surface area (Å²) >= 11 is 1.54. The Morgan fingerprint density at radius 1 is 1.22 bits per heavy atom. The highest BCUT2D eigenvalue weighted by molar-refractivity contribution is 7.19. The minimum atomic E-state index is -4.32. The van der Waals surface area contributed by atoms with Crippen molar-refractivity contribution < 1.29 is 22.8 Å². The van der Waals surface area contributed by atoms with Gasteiger partial charge in [-0.1, -0.05) is 13.3 Å². The van der Waals surface area contributed by atoms with E-state index >= 15 is 0 Å². The van der Waals surface area contributed by atoms with Gasteiger partial charge in [-0.2, -0.15) is 13.2 Å². The lowest BCUT2D eigenvalue weighted by atomic mass is 9.86. The molecule has 3 aromatic heterocycles. The fourth-order valence-electron chi connectivity index (χ4n) is 6.28. The molecule has 1 aliphatic heterocycles. The lowest BCUT2D eigenvalue weighted by Gasteiger charge is -2.39. The van der Waals surface area contributed by atoms with Crippen molar-refractivity contribution in [3.8, 4) is 0 Å². The van der Waals surface area contributed by atoms with Crippen LogP contribution in [0.5, 0.6) is 0 Å². The van der Waals surface area contributed by atoms with E-state index in [-0.39, 0.29) is 42.6 Å². The number of nitrogens with one attached hydrogen (secondary N) is 3. The summed E-state index contributed by atoms with van der Waals surface area (Å²) in [4.78, 5) is 56.8. The fourth-order valence-corrected chi connectivity index (χ4v) is 7.55. The smallest absolute Gasteiger partial charge is 0.351 e. The third kappa shape index (κ3) is 7.16. The molecule has 0 aromatic carbocycles. The first-order chi connectivity index (χ1) is 21.4. The Bertz CT molecular complexity index is 1620. The molecule has 0 spiro atoms. The largest absolute Gasteiger partial charge is 0.391 e. The van der Waals surface area contributed by atoms with Crippen LogP contribution in [-0.2, 0) is 17.6 Å². The molecular weight excluding hydrogens is 607 g/mol. The zero-order chi connectivity index (χ0) is 32.5. The molecule has 3 aromatic rings. The number of rotatable bonds is 9. The molecular formula is C31H40F3N7O3S. The maximum atomic E-state index is 13.4. The quantitative estimate of drug-likeness (QED) is 0.305. The summed E-state index contributed by atoms with van der Waals surface area (Å²) in [6.07, 6.45) is -0.690. The average Bonchev–Trinajstić information content (AvgIpc) is 3.37. The number of aromatic nitrogens is 3. The molecule has 1 aliphatic carbocycles. The third-order valence-electron chi connectivity index (χ3n) is 9.06. The van der Waals surface area contributed by atoms with E-state index in [0.29, 0.717) is 36.7 Å². The zero-order valence-corrected chi connectivity index (χ0v) is 26.8. The van der Waals surface area contributed by atoms with Crippen LogP contribution in [0.2, 0.25) is 0 Å². The molecule has 2 amide bonds. The highest BCUT2D eigenvalue weighted by atomic mass is 32.1. The number of aryl methyl sites for hydroxylation is 2. The van der Waals surface area contributed by atoms with E-state index in [4.69, 9.17) is 0 Å². The predicted molar refractivity (Wildman–Crippen MR) is 168 cm³/mol. The monoisotopic (exact) mass is 647 g/mol. The van der Waals surface area contributed by atoms with E-state index in [9.17, 15) is 27.6 Å². The number of H-pyrrole nitrogens is 1. The molecule has 2 aliphatic rings. The van der Waals surface area contributed by atoms with Crippen molar-refractivity contribution in [2.45, 2.75) is 71.5 Å². The lowest BCUT2D eigenvalue weighted by molar-refractivity contribution is -0.177. The summed E-state index contributed by atoms with van der Waals surface area (Å²) in [5, 5.41) is 6.45. The maximum Gasteiger partial charge on any atom is 0.391 e. The highest BCUT2D eigenvalue weighted by Gasteiger charge is 2.38. The summed E-state index contributed by atoms with van der Waals surface area (Å²) in [5.74, 6) is -1.55. The number of alkyl halides is 3. The SMILES string of the molecule is CCCC(CCNC(=O)c1[nH]c(=O)c(Nc2ncnc3sc4c(c23)CC[C@H](C(=O)N2CCN(C)[C@H](C)C2)C4)cc1C)C(F)(F)F. The number of aromatic amines is 1. The van der Waals surface area contributed by atoms with Crippen LogP contribution < -0.4 is 16.2 Å². The topological polar surface area (TPSA) is 123 Å². The van der Waals surface area contributed by atoms with Gasteiger partial charge in [0.25, 0.3) is 11.5 Å². The number of amides is 2. The van der Waals surface area contributed by atoms with Crippen LogP contribution in [0.1, 0.15) is 66.0 Å². The van der Waals surface area contributed by atoms with Crippen LogP contribution in [0, 0.1) is 18.8 Å². The van der Waals surface area contributed by atoms with Gasteiger partial charge in [0.1, 0.15) is 28.4 Å². The molecule has 10 nitrogen and oxygen atoms in total. The number of carbonyl (C=O) groups is 2. The summed E-state index contributed by atoms with van der Waals surface area (Å²) in [6.45, 7) is 7.65. The molecule has 1 unspecified atom stereocenters. The van der Waals surface area contributed by atoms with Crippen molar-refractivity contribution in [2.24, 2.45) is 11.8 Å². The molecule has 4 heterocycles. The molecule has 45 heavy (non-hydrogen) atoms. The van der Waals surface area contributed by atoms with Gasteiger partial charge in [0.2, 0.25) is 5.91 Å². The fraction of sp³-hybridized carbons (Fsp3) is 0.581. The standard InChI is InChI=1S/C31H40F3N7O3S/c1-5-6-20(31(32,33)34)9-10-35-28(43)25-17(2)13-22(27(42)39-25)38-26-24-21-8-7-19(14-23(21)45-29(24)37-16-36-26)30(44)41-12-11-40(4)18(3)15-41/h13,16,18-20H,5-12,14-15H2,1-4H3,(H,35,43)(H,39,42)(H,36,37,38)/t18-,19+,20?/m1/s1. The number of anilines is 2. The van der Waals surface area contributed by atoms with Crippen LogP contribution >= 0.6 is 11.3 Å². The number of hydrogen-bond acceptors (Lipinski definition) is 8. The molecule has 3 atom stereocenters. The minimum Gasteiger partial charge on any atom is -0.351 e. The van der Waals surface area contributed by atoms with Crippen molar-refractivity contribution in [3.63, 3.8) is 0 Å². The normalized spacial score (nSPS) is 19.8. The van der Waals surface area contributed by atoms with Gasteiger partial charge in [-0.15, -0.1) is 11.3 Å². The van der Waals surface area contributed by atoms with Crippen molar-refractivity contribution >= 4 is 44.9 Å². The number of carbonyl (C=O) groups excluding carboxylic acids is 2. The van der Waals surface area contributed by atoms with Crippen molar-refractivity contribution in [2.75, 3.05) is 38.5 Å². The van der Waals surface area contributed by atoms with Gasteiger partial charge in [0, 0.05) is 43.0 Å². The number of fused-ring (bicyclic) bond motifs is 3. The van der Waals surface area contributed by atoms with Gasteiger partial charge in [-0.05, 0) is 70.2 Å². The number of piperazine rings is 1. The number of nitrogens with zero attached hydrogens (tertiary/aromatic N) is 4. The Morgan fingerprint density at radius 2 is 2.00 bits per heavy atom.